The van der Waals surface area contributed by atoms with Crippen molar-refractivity contribution in [1.29, 1.82) is 0 Å². The minimum Gasteiger partial charge on any atom is -0.478 e. The molecular formula is C14H13NO5. The lowest BCUT2D eigenvalue weighted by atomic mass is 10.1. The first-order valence-corrected chi connectivity index (χ1v) is 5.88. The van der Waals surface area contributed by atoms with E-state index in [1.807, 2.05) is 0 Å². The van der Waals surface area contributed by atoms with Crippen LogP contribution in [0.1, 0.15) is 32.2 Å². The molecule has 20 heavy (non-hydrogen) atoms. The summed E-state index contributed by atoms with van der Waals surface area (Å²) >= 11 is 0. The van der Waals surface area contributed by atoms with Crippen LogP contribution in [0.2, 0.25) is 0 Å². The van der Waals surface area contributed by atoms with Crippen molar-refractivity contribution in [2.24, 2.45) is 0 Å². The van der Waals surface area contributed by atoms with Crippen molar-refractivity contribution in [3.05, 3.63) is 53.0 Å². The third-order valence-electron chi connectivity index (χ3n) is 2.76. The zero-order valence-corrected chi connectivity index (χ0v) is 10.7. The number of hydrogen-bond acceptors (Lipinski definition) is 4. The van der Waals surface area contributed by atoms with Gasteiger partial charge in [-0.25, -0.2) is 9.59 Å². The van der Waals surface area contributed by atoms with E-state index in [1.54, 1.807) is 19.1 Å². The summed E-state index contributed by atoms with van der Waals surface area (Å²) in [4.78, 5) is 22.3. The first-order chi connectivity index (χ1) is 9.49. The van der Waals surface area contributed by atoms with E-state index in [2.05, 4.69) is 5.32 Å². The number of carboxylic acid groups (broad SMARTS) is 2. The highest BCUT2D eigenvalue weighted by atomic mass is 16.4. The van der Waals surface area contributed by atoms with Crippen LogP contribution < -0.4 is 5.32 Å². The number of aryl methyl sites for hydroxylation is 1. The van der Waals surface area contributed by atoms with Crippen molar-refractivity contribution >= 4 is 17.6 Å². The Hall–Kier alpha value is -2.76. The predicted octanol–water partition coefficient (Wildman–Crippen LogP) is 2.60. The van der Waals surface area contributed by atoms with Gasteiger partial charge < -0.3 is 19.9 Å². The van der Waals surface area contributed by atoms with Crippen molar-refractivity contribution < 1.29 is 24.2 Å². The number of nitrogens with one attached hydrogen (secondary N) is 1. The normalized spacial score (nSPS) is 10.2. The predicted molar refractivity (Wildman–Crippen MR) is 71.1 cm³/mol. The fraction of sp³-hybridized carbons (Fsp3) is 0.143. The van der Waals surface area contributed by atoms with Crippen LogP contribution in [0.25, 0.3) is 0 Å². The van der Waals surface area contributed by atoms with Crippen LogP contribution in [0, 0.1) is 6.92 Å². The second-order valence-corrected chi connectivity index (χ2v) is 4.20. The summed E-state index contributed by atoms with van der Waals surface area (Å²) in [6.07, 6.45) is 0. The molecule has 1 aromatic carbocycles. The van der Waals surface area contributed by atoms with Crippen LogP contribution >= 0.6 is 0 Å². The highest BCUT2D eigenvalue weighted by Crippen LogP contribution is 2.21. The molecule has 0 atom stereocenters. The molecule has 0 fully saturated rings. The van der Waals surface area contributed by atoms with E-state index in [9.17, 15) is 9.59 Å². The molecule has 0 saturated carbocycles. The first-order valence-electron chi connectivity index (χ1n) is 5.88. The number of rotatable bonds is 5. The Labute approximate surface area is 114 Å². The highest BCUT2D eigenvalue weighted by molar-refractivity contribution is 6.05. The number of aromatic carboxylic acids is 2. The Morgan fingerprint density at radius 1 is 1.15 bits per heavy atom. The fourth-order valence-electron chi connectivity index (χ4n) is 1.87. The average Bonchev–Trinajstić information content (AvgIpc) is 2.81. The van der Waals surface area contributed by atoms with E-state index in [4.69, 9.17) is 14.6 Å². The molecule has 0 aliphatic carbocycles. The monoisotopic (exact) mass is 275 g/mol. The van der Waals surface area contributed by atoms with Gasteiger partial charge in [0.2, 0.25) is 0 Å². The Morgan fingerprint density at radius 2 is 1.90 bits per heavy atom. The number of carboxylic acids is 2. The lowest BCUT2D eigenvalue weighted by Gasteiger charge is -2.10. The molecule has 0 bridgehead atoms. The Kier molecular flexibility index (Phi) is 3.74. The molecule has 1 heterocycles. The van der Waals surface area contributed by atoms with Crippen molar-refractivity contribution in [1.82, 2.24) is 0 Å². The van der Waals surface area contributed by atoms with Gasteiger partial charge in [0.25, 0.3) is 0 Å². The number of hydrogen-bond donors (Lipinski definition) is 3. The summed E-state index contributed by atoms with van der Waals surface area (Å²) in [7, 11) is 0. The summed E-state index contributed by atoms with van der Waals surface area (Å²) in [5, 5.41) is 21.1. The fourth-order valence-corrected chi connectivity index (χ4v) is 1.87. The van der Waals surface area contributed by atoms with Crippen LogP contribution in [0.15, 0.2) is 34.7 Å². The maximum Gasteiger partial charge on any atom is 0.338 e. The van der Waals surface area contributed by atoms with Gasteiger partial charge in [-0.3, -0.25) is 0 Å². The molecule has 2 rings (SSSR count). The minimum atomic E-state index is -1.29. The molecular weight excluding hydrogens is 262 g/mol. The Morgan fingerprint density at radius 3 is 2.45 bits per heavy atom. The molecule has 0 radical (unpaired) electrons. The van der Waals surface area contributed by atoms with Gasteiger partial charge in [0, 0.05) is 5.69 Å². The Bertz CT molecular complexity index is 659. The van der Waals surface area contributed by atoms with Crippen molar-refractivity contribution in [3.8, 4) is 0 Å². The first kappa shape index (κ1) is 13.7. The van der Waals surface area contributed by atoms with Gasteiger partial charge in [-0.1, -0.05) is 6.07 Å². The SMILES string of the molecule is Cc1ccc(CNc2cccc(C(=O)O)c2C(=O)O)o1. The zero-order valence-electron chi connectivity index (χ0n) is 10.7. The second kappa shape index (κ2) is 5.48. The van der Waals surface area contributed by atoms with Crippen LogP contribution in [0.4, 0.5) is 5.69 Å². The molecule has 6 nitrogen and oxygen atoms in total. The summed E-state index contributed by atoms with van der Waals surface area (Å²) in [5.41, 5.74) is -0.271. The largest absolute Gasteiger partial charge is 0.478 e. The molecule has 0 spiro atoms. The van der Waals surface area contributed by atoms with Gasteiger partial charge in [0.15, 0.2) is 0 Å². The molecule has 0 unspecified atom stereocenters. The number of furan rings is 1. The number of benzene rings is 1. The summed E-state index contributed by atoms with van der Waals surface area (Å²) in [6.45, 7) is 2.08. The smallest absolute Gasteiger partial charge is 0.338 e. The quantitative estimate of drug-likeness (QED) is 0.775. The molecule has 0 saturated heterocycles. The molecule has 0 aliphatic heterocycles. The molecule has 0 amide bonds. The lowest BCUT2D eigenvalue weighted by molar-refractivity contribution is 0.0652. The van der Waals surface area contributed by atoms with Crippen LogP contribution in [-0.4, -0.2) is 22.2 Å². The minimum absolute atomic E-state index is 0.242. The summed E-state index contributed by atoms with van der Waals surface area (Å²) in [6, 6.07) is 7.83. The van der Waals surface area contributed by atoms with E-state index < -0.39 is 11.9 Å². The maximum absolute atomic E-state index is 11.2. The summed E-state index contributed by atoms with van der Waals surface area (Å²) < 4.78 is 5.36. The van der Waals surface area contributed by atoms with E-state index in [1.165, 1.54) is 18.2 Å². The van der Waals surface area contributed by atoms with E-state index in [0.29, 0.717) is 5.76 Å². The zero-order chi connectivity index (χ0) is 14.7. The highest BCUT2D eigenvalue weighted by Gasteiger charge is 2.19. The van der Waals surface area contributed by atoms with Crippen molar-refractivity contribution in [2.75, 3.05) is 5.32 Å². The molecule has 2 aromatic rings. The third kappa shape index (κ3) is 2.80. The van der Waals surface area contributed by atoms with E-state index in [0.717, 1.165) is 5.76 Å². The van der Waals surface area contributed by atoms with Gasteiger partial charge in [-0.2, -0.15) is 0 Å². The van der Waals surface area contributed by atoms with Gasteiger partial charge in [0.05, 0.1) is 17.7 Å². The maximum atomic E-state index is 11.2. The van der Waals surface area contributed by atoms with E-state index >= 15 is 0 Å². The number of anilines is 1. The second-order valence-electron chi connectivity index (χ2n) is 4.20. The van der Waals surface area contributed by atoms with Gasteiger partial charge in [-0.05, 0) is 31.2 Å². The standard InChI is InChI=1S/C14H13NO5/c1-8-5-6-9(20-8)7-15-11-4-2-3-10(13(16)17)12(11)14(18)19/h2-6,15H,7H2,1H3,(H,16,17)(H,18,19). The summed E-state index contributed by atoms with van der Waals surface area (Å²) in [5.74, 6) is -1.18. The molecule has 0 aliphatic rings. The topological polar surface area (TPSA) is 99.8 Å². The van der Waals surface area contributed by atoms with E-state index in [-0.39, 0.29) is 23.4 Å². The molecule has 104 valence electrons. The average molecular weight is 275 g/mol. The van der Waals surface area contributed by atoms with Gasteiger partial charge >= 0.3 is 11.9 Å². The Balaban J connectivity index is 2.29. The third-order valence-corrected chi connectivity index (χ3v) is 2.76. The lowest BCUT2D eigenvalue weighted by Crippen LogP contribution is -2.12. The molecule has 1 aromatic heterocycles. The van der Waals surface area contributed by atoms with Gasteiger partial charge in [0.1, 0.15) is 11.5 Å². The van der Waals surface area contributed by atoms with Gasteiger partial charge in [-0.15, -0.1) is 0 Å². The molecule has 3 N–H and O–H groups in total. The van der Waals surface area contributed by atoms with Crippen LogP contribution in [0.3, 0.4) is 0 Å². The number of carbonyl (C=O) groups is 2. The van der Waals surface area contributed by atoms with Crippen molar-refractivity contribution in [3.63, 3.8) is 0 Å². The van der Waals surface area contributed by atoms with Crippen LogP contribution in [-0.2, 0) is 6.54 Å². The molecule has 6 heteroatoms. The van der Waals surface area contributed by atoms with Crippen molar-refractivity contribution in [2.45, 2.75) is 13.5 Å². The van der Waals surface area contributed by atoms with Crippen LogP contribution in [0.5, 0.6) is 0 Å².